The van der Waals surface area contributed by atoms with Crippen LogP contribution >= 0.6 is 0 Å². The van der Waals surface area contributed by atoms with Crippen LogP contribution in [0, 0.1) is 5.41 Å². The van der Waals surface area contributed by atoms with Crippen molar-refractivity contribution in [3.8, 4) is 0 Å². The quantitative estimate of drug-likeness (QED) is 0.612. The van der Waals surface area contributed by atoms with Gasteiger partial charge in [0, 0.05) is 37.7 Å². The number of hydrogen-bond acceptors (Lipinski definition) is 3. The lowest BCUT2D eigenvalue weighted by Gasteiger charge is -2.13. The van der Waals surface area contributed by atoms with Gasteiger partial charge >= 0.3 is 0 Å². The molecule has 16 heavy (non-hydrogen) atoms. The maximum Gasteiger partial charge on any atom is 0.137 e. The van der Waals surface area contributed by atoms with E-state index in [0.717, 1.165) is 11.3 Å². The fourth-order valence-electron chi connectivity index (χ4n) is 1.46. The first kappa shape index (κ1) is 10.4. The predicted molar refractivity (Wildman–Crippen MR) is 65.2 cm³/mol. The van der Waals surface area contributed by atoms with Gasteiger partial charge in [-0.15, -0.1) is 0 Å². The zero-order valence-corrected chi connectivity index (χ0v) is 9.38. The molecule has 0 aliphatic heterocycles. The van der Waals surface area contributed by atoms with Crippen LogP contribution in [0.15, 0.2) is 43.0 Å². The van der Waals surface area contributed by atoms with Gasteiger partial charge in [0.25, 0.3) is 0 Å². The van der Waals surface area contributed by atoms with Crippen molar-refractivity contribution in [2.75, 3.05) is 19.0 Å². The van der Waals surface area contributed by atoms with E-state index in [2.05, 4.69) is 4.98 Å². The van der Waals surface area contributed by atoms with Crippen LogP contribution in [0.2, 0.25) is 0 Å². The molecule has 0 amide bonds. The van der Waals surface area contributed by atoms with E-state index < -0.39 is 0 Å². The van der Waals surface area contributed by atoms with Crippen LogP contribution in [0.25, 0.3) is 0 Å². The first-order chi connectivity index (χ1) is 7.68. The third kappa shape index (κ3) is 1.95. The van der Waals surface area contributed by atoms with E-state index in [9.17, 15) is 0 Å². The van der Waals surface area contributed by atoms with E-state index >= 15 is 0 Å². The molecular weight excluding hydrogens is 200 g/mol. The van der Waals surface area contributed by atoms with Gasteiger partial charge < -0.3 is 4.90 Å². The molecule has 0 fully saturated rings. The van der Waals surface area contributed by atoms with Gasteiger partial charge in [-0.05, 0) is 24.3 Å². The monoisotopic (exact) mass is 214 g/mol. The summed E-state index contributed by atoms with van der Waals surface area (Å²) in [6.07, 6.45) is 5.06. The minimum absolute atomic E-state index is 0.433. The standard InChI is InChI=1S/C12H14N4/c1-15(2)11-5-3-10(4-6-11)12(13)16-8-7-14-9-16/h3-9,13H,1-2H3. The highest BCUT2D eigenvalue weighted by molar-refractivity contribution is 5.98. The van der Waals surface area contributed by atoms with Crippen LogP contribution in [0.3, 0.4) is 0 Å². The summed E-state index contributed by atoms with van der Waals surface area (Å²) in [5, 5.41) is 7.97. The third-order valence-electron chi connectivity index (χ3n) is 2.42. The van der Waals surface area contributed by atoms with Gasteiger partial charge in [0.1, 0.15) is 12.2 Å². The third-order valence-corrected chi connectivity index (χ3v) is 2.42. The number of aromatic nitrogens is 2. The van der Waals surface area contributed by atoms with Crippen LogP contribution in [-0.4, -0.2) is 29.5 Å². The van der Waals surface area contributed by atoms with Gasteiger partial charge in [-0.2, -0.15) is 0 Å². The molecule has 0 atom stereocenters. The van der Waals surface area contributed by atoms with Crippen molar-refractivity contribution in [3.05, 3.63) is 48.5 Å². The summed E-state index contributed by atoms with van der Waals surface area (Å²) < 4.78 is 1.69. The van der Waals surface area contributed by atoms with Gasteiger partial charge in [-0.3, -0.25) is 9.98 Å². The molecule has 1 aromatic heterocycles. The lowest BCUT2D eigenvalue weighted by Crippen LogP contribution is -2.11. The topological polar surface area (TPSA) is 44.9 Å². The average molecular weight is 214 g/mol. The van der Waals surface area contributed by atoms with Crippen molar-refractivity contribution in [2.45, 2.75) is 0 Å². The summed E-state index contributed by atoms with van der Waals surface area (Å²) in [6, 6.07) is 7.89. The van der Waals surface area contributed by atoms with Crippen molar-refractivity contribution >= 4 is 11.5 Å². The molecular formula is C12H14N4. The molecule has 1 heterocycles. The Kier molecular flexibility index (Phi) is 2.72. The van der Waals surface area contributed by atoms with Crippen LogP contribution < -0.4 is 4.90 Å². The minimum atomic E-state index is 0.433. The predicted octanol–water partition coefficient (Wildman–Crippen LogP) is 1.82. The molecule has 0 unspecified atom stereocenters. The summed E-state index contributed by atoms with van der Waals surface area (Å²) in [4.78, 5) is 5.96. The second-order valence-electron chi connectivity index (χ2n) is 3.76. The molecule has 0 saturated carbocycles. The molecule has 0 spiro atoms. The largest absolute Gasteiger partial charge is 0.378 e. The van der Waals surface area contributed by atoms with Crippen LogP contribution in [0.1, 0.15) is 5.56 Å². The number of benzene rings is 1. The van der Waals surface area contributed by atoms with Crippen molar-refractivity contribution < 1.29 is 0 Å². The Hall–Kier alpha value is -2.10. The van der Waals surface area contributed by atoms with E-state index in [4.69, 9.17) is 5.41 Å². The molecule has 1 N–H and O–H groups in total. The molecule has 2 rings (SSSR count). The number of hydrogen-bond donors (Lipinski definition) is 1. The Balaban J connectivity index is 2.25. The summed E-state index contributed by atoms with van der Waals surface area (Å²) in [6.45, 7) is 0. The molecule has 0 bridgehead atoms. The van der Waals surface area contributed by atoms with E-state index in [1.54, 1.807) is 23.3 Å². The molecule has 0 aliphatic carbocycles. The maximum atomic E-state index is 7.97. The fourth-order valence-corrected chi connectivity index (χ4v) is 1.46. The molecule has 82 valence electrons. The highest BCUT2D eigenvalue weighted by atomic mass is 15.1. The lowest BCUT2D eigenvalue weighted by atomic mass is 10.2. The van der Waals surface area contributed by atoms with Crippen LogP contribution in [-0.2, 0) is 0 Å². The Bertz CT molecular complexity index is 468. The summed E-state index contributed by atoms with van der Waals surface area (Å²) in [5.41, 5.74) is 2.01. The number of rotatable bonds is 2. The average Bonchev–Trinajstić information content (AvgIpc) is 2.81. The normalized spacial score (nSPS) is 10.1. The first-order valence-corrected chi connectivity index (χ1v) is 5.03. The van der Waals surface area contributed by atoms with E-state index in [1.165, 1.54) is 0 Å². The summed E-state index contributed by atoms with van der Waals surface area (Å²) in [7, 11) is 3.99. The Morgan fingerprint density at radius 2 is 1.94 bits per heavy atom. The smallest absolute Gasteiger partial charge is 0.137 e. The highest BCUT2D eigenvalue weighted by Gasteiger charge is 2.03. The highest BCUT2D eigenvalue weighted by Crippen LogP contribution is 2.12. The van der Waals surface area contributed by atoms with Gasteiger partial charge in [0.15, 0.2) is 0 Å². The molecule has 0 saturated heterocycles. The number of nitrogens with one attached hydrogen (secondary N) is 1. The van der Waals surface area contributed by atoms with E-state index in [0.29, 0.717) is 5.84 Å². The van der Waals surface area contributed by atoms with Crippen molar-refractivity contribution in [2.24, 2.45) is 0 Å². The SMILES string of the molecule is CN(C)c1ccc(C(=N)n2ccnc2)cc1. The summed E-state index contributed by atoms with van der Waals surface area (Å²) in [5.74, 6) is 0.433. The Labute approximate surface area is 94.7 Å². The van der Waals surface area contributed by atoms with Gasteiger partial charge in [-0.1, -0.05) is 0 Å². The van der Waals surface area contributed by atoms with Gasteiger partial charge in [-0.25, -0.2) is 4.98 Å². The maximum absolute atomic E-state index is 7.97. The van der Waals surface area contributed by atoms with Gasteiger partial charge in [0.2, 0.25) is 0 Å². The van der Waals surface area contributed by atoms with Crippen molar-refractivity contribution in [1.82, 2.24) is 9.55 Å². The van der Waals surface area contributed by atoms with Crippen LogP contribution in [0.5, 0.6) is 0 Å². The number of anilines is 1. The second-order valence-corrected chi connectivity index (χ2v) is 3.76. The Morgan fingerprint density at radius 3 is 2.44 bits per heavy atom. The fraction of sp³-hybridized carbons (Fsp3) is 0.167. The zero-order valence-electron chi connectivity index (χ0n) is 9.38. The van der Waals surface area contributed by atoms with Crippen molar-refractivity contribution in [1.29, 1.82) is 5.41 Å². The first-order valence-electron chi connectivity index (χ1n) is 5.03. The van der Waals surface area contributed by atoms with E-state index in [-0.39, 0.29) is 0 Å². The molecule has 4 nitrogen and oxygen atoms in total. The van der Waals surface area contributed by atoms with Crippen molar-refractivity contribution in [3.63, 3.8) is 0 Å². The molecule has 2 aromatic rings. The van der Waals surface area contributed by atoms with Gasteiger partial charge in [0.05, 0.1) is 0 Å². The minimum Gasteiger partial charge on any atom is -0.378 e. The van der Waals surface area contributed by atoms with E-state index in [1.807, 2.05) is 43.3 Å². The summed E-state index contributed by atoms with van der Waals surface area (Å²) >= 11 is 0. The zero-order chi connectivity index (χ0) is 11.5. The molecule has 4 heteroatoms. The lowest BCUT2D eigenvalue weighted by molar-refractivity contribution is 1.10. The van der Waals surface area contributed by atoms with Crippen LogP contribution in [0.4, 0.5) is 5.69 Å². The second kappa shape index (κ2) is 4.18. The number of imidazole rings is 1. The Morgan fingerprint density at radius 1 is 1.25 bits per heavy atom. The molecule has 0 radical (unpaired) electrons. The number of nitrogens with zero attached hydrogens (tertiary/aromatic N) is 3. The molecule has 0 aliphatic rings. The molecule has 1 aromatic carbocycles.